The van der Waals surface area contributed by atoms with Crippen molar-refractivity contribution in [2.75, 3.05) is 26.2 Å². The summed E-state index contributed by atoms with van der Waals surface area (Å²) in [6.45, 7) is 3.88. The number of halogens is 1. The second-order valence-corrected chi connectivity index (χ2v) is 6.69. The van der Waals surface area contributed by atoms with Gasteiger partial charge in [-0.1, -0.05) is 12.1 Å². The summed E-state index contributed by atoms with van der Waals surface area (Å²) in [4.78, 5) is 16.7. The van der Waals surface area contributed by atoms with Crippen molar-refractivity contribution in [3.8, 4) is 5.69 Å². The molecule has 6 heteroatoms. The van der Waals surface area contributed by atoms with Gasteiger partial charge in [-0.05, 0) is 48.0 Å². The summed E-state index contributed by atoms with van der Waals surface area (Å²) in [6.07, 6.45) is 3.69. The molecule has 0 unspecified atom stereocenters. The van der Waals surface area contributed by atoms with E-state index in [1.54, 1.807) is 18.3 Å². The van der Waals surface area contributed by atoms with Crippen molar-refractivity contribution in [3.05, 3.63) is 83.9 Å². The maximum atomic E-state index is 13.0. The summed E-state index contributed by atoms with van der Waals surface area (Å²) in [5.74, 6) is -0.354. The molecule has 1 aliphatic heterocycles. The van der Waals surface area contributed by atoms with Crippen LogP contribution in [0, 0.1) is 5.82 Å². The van der Waals surface area contributed by atoms with Crippen LogP contribution in [0.5, 0.6) is 0 Å². The predicted octanol–water partition coefficient (Wildman–Crippen LogP) is 2.97. The van der Waals surface area contributed by atoms with Gasteiger partial charge in [0.15, 0.2) is 0 Å². The molecule has 0 spiro atoms. The van der Waals surface area contributed by atoms with E-state index in [-0.39, 0.29) is 11.7 Å². The maximum absolute atomic E-state index is 13.0. The Morgan fingerprint density at radius 1 is 0.963 bits per heavy atom. The number of carbonyl (C=O) groups excluding carboxylic acids is 1. The zero-order valence-electron chi connectivity index (χ0n) is 15.0. The Morgan fingerprint density at radius 3 is 2.30 bits per heavy atom. The fourth-order valence-electron chi connectivity index (χ4n) is 3.32. The number of rotatable bonds is 4. The summed E-state index contributed by atoms with van der Waals surface area (Å²) in [6, 6.07) is 16.0. The van der Waals surface area contributed by atoms with Gasteiger partial charge < -0.3 is 4.90 Å². The molecule has 4 rings (SSSR count). The van der Waals surface area contributed by atoms with Crippen molar-refractivity contribution in [1.82, 2.24) is 19.6 Å². The van der Waals surface area contributed by atoms with Crippen molar-refractivity contribution in [2.24, 2.45) is 0 Å². The van der Waals surface area contributed by atoms with E-state index in [2.05, 4.69) is 34.3 Å². The standard InChI is InChI=1S/C21H21FN4O/c22-19-6-4-18(5-7-19)21(27)25-14-12-24(13-15-25)16-17-2-8-20(9-3-17)26-11-1-10-23-26/h1-11H,12-16H2. The number of carbonyl (C=O) groups is 1. The van der Waals surface area contributed by atoms with Crippen LogP contribution in [-0.4, -0.2) is 51.7 Å². The molecule has 5 nitrogen and oxygen atoms in total. The average Bonchev–Trinajstić information content (AvgIpc) is 3.24. The Morgan fingerprint density at radius 2 is 1.67 bits per heavy atom. The molecule has 1 fully saturated rings. The highest BCUT2D eigenvalue weighted by atomic mass is 19.1. The summed E-state index contributed by atoms with van der Waals surface area (Å²) >= 11 is 0. The quantitative estimate of drug-likeness (QED) is 0.715. The molecular formula is C21H21FN4O. The highest BCUT2D eigenvalue weighted by molar-refractivity contribution is 5.94. The number of amides is 1. The molecule has 0 radical (unpaired) electrons. The SMILES string of the molecule is O=C(c1ccc(F)cc1)N1CCN(Cc2ccc(-n3cccn3)cc2)CC1. The normalized spacial score (nSPS) is 15.1. The van der Waals surface area contributed by atoms with Crippen LogP contribution in [0.25, 0.3) is 5.69 Å². The monoisotopic (exact) mass is 364 g/mol. The van der Waals surface area contributed by atoms with Crippen molar-refractivity contribution < 1.29 is 9.18 Å². The first-order valence-electron chi connectivity index (χ1n) is 9.05. The zero-order valence-corrected chi connectivity index (χ0v) is 15.0. The highest BCUT2D eigenvalue weighted by Crippen LogP contribution is 2.14. The van der Waals surface area contributed by atoms with Crippen LogP contribution in [0.2, 0.25) is 0 Å². The van der Waals surface area contributed by atoms with Crippen LogP contribution >= 0.6 is 0 Å². The molecule has 0 atom stereocenters. The minimum atomic E-state index is -0.324. The largest absolute Gasteiger partial charge is 0.336 e. The van der Waals surface area contributed by atoms with Gasteiger partial charge in [0, 0.05) is 50.7 Å². The van der Waals surface area contributed by atoms with Crippen molar-refractivity contribution in [3.63, 3.8) is 0 Å². The van der Waals surface area contributed by atoms with Gasteiger partial charge in [0.25, 0.3) is 5.91 Å². The lowest BCUT2D eigenvalue weighted by molar-refractivity contribution is 0.0628. The molecule has 1 aliphatic rings. The van der Waals surface area contributed by atoms with E-state index < -0.39 is 0 Å². The third-order valence-corrected chi connectivity index (χ3v) is 4.86. The molecule has 138 valence electrons. The fraction of sp³-hybridized carbons (Fsp3) is 0.238. The summed E-state index contributed by atoms with van der Waals surface area (Å²) < 4.78 is 14.9. The molecule has 1 saturated heterocycles. The zero-order chi connectivity index (χ0) is 18.6. The molecule has 0 N–H and O–H groups in total. The van der Waals surface area contributed by atoms with Crippen molar-refractivity contribution in [1.29, 1.82) is 0 Å². The van der Waals surface area contributed by atoms with Gasteiger partial charge in [0.2, 0.25) is 0 Å². The maximum Gasteiger partial charge on any atom is 0.253 e. The van der Waals surface area contributed by atoms with Crippen molar-refractivity contribution >= 4 is 5.91 Å². The lowest BCUT2D eigenvalue weighted by Gasteiger charge is -2.34. The van der Waals surface area contributed by atoms with E-state index in [0.29, 0.717) is 18.7 Å². The molecule has 3 aromatic rings. The van der Waals surface area contributed by atoms with E-state index in [4.69, 9.17) is 0 Å². The predicted molar refractivity (Wildman–Crippen MR) is 101 cm³/mol. The van der Waals surface area contributed by atoms with E-state index >= 15 is 0 Å². The lowest BCUT2D eigenvalue weighted by atomic mass is 10.1. The van der Waals surface area contributed by atoms with Crippen molar-refractivity contribution in [2.45, 2.75) is 6.54 Å². The van der Waals surface area contributed by atoms with Crippen LogP contribution in [-0.2, 0) is 6.54 Å². The lowest BCUT2D eigenvalue weighted by Crippen LogP contribution is -2.48. The van der Waals surface area contributed by atoms with Gasteiger partial charge in [-0.3, -0.25) is 9.69 Å². The van der Waals surface area contributed by atoms with Gasteiger partial charge in [0.1, 0.15) is 5.82 Å². The molecular weight excluding hydrogens is 343 g/mol. The van der Waals surface area contributed by atoms with Gasteiger partial charge in [0.05, 0.1) is 5.69 Å². The van der Waals surface area contributed by atoms with Crippen LogP contribution < -0.4 is 0 Å². The minimum Gasteiger partial charge on any atom is -0.336 e. The number of nitrogens with zero attached hydrogens (tertiary/aromatic N) is 4. The van der Waals surface area contributed by atoms with Gasteiger partial charge in [-0.25, -0.2) is 9.07 Å². The van der Waals surface area contributed by atoms with E-state index in [9.17, 15) is 9.18 Å². The first kappa shape index (κ1) is 17.4. The summed E-state index contributed by atoms with van der Waals surface area (Å²) in [5.41, 5.74) is 2.82. The molecule has 2 heterocycles. The molecule has 0 saturated carbocycles. The molecule has 0 bridgehead atoms. The highest BCUT2D eigenvalue weighted by Gasteiger charge is 2.22. The fourth-order valence-corrected chi connectivity index (χ4v) is 3.32. The minimum absolute atomic E-state index is 0.0294. The molecule has 1 amide bonds. The van der Waals surface area contributed by atoms with Gasteiger partial charge >= 0.3 is 0 Å². The Balaban J connectivity index is 1.31. The topological polar surface area (TPSA) is 41.4 Å². The second-order valence-electron chi connectivity index (χ2n) is 6.69. The summed E-state index contributed by atoms with van der Waals surface area (Å²) in [7, 11) is 0. The molecule has 0 aliphatic carbocycles. The average molecular weight is 364 g/mol. The number of hydrogen-bond donors (Lipinski definition) is 0. The molecule has 27 heavy (non-hydrogen) atoms. The number of benzene rings is 2. The Kier molecular flexibility index (Phi) is 4.98. The first-order chi connectivity index (χ1) is 13.2. The van der Waals surface area contributed by atoms with Crippen LogP contribution in [0.15, 0.2) is 67.0 Å². The van der Waals surface area contributed by atoms with Gasteiger partial charge in [-0.2, -0.15) is 5.10 Å². The van der Waals surface area contributed by atoms with E-state index in [1.807, 2.05) is 21.8 Å². The van der Waals surface area contributed by atoms with Gasteiger partial charge in [-0.15, -0.1) is 0 Å². The Hall–Kier alpha value is -2.99. The van der Waals surface area contributed by atoms with Crippen LogP contribution in [0.1, 0.15) is 15.9 Å². The third kappa shape index (κ3) is 4.06. The van der Waals surface area contributed by atoms with E-state index in [1.165, 1.54) is 17.7 Å². The molecule has 1 aromatic heterocycles. The van der Waals surface area contributed by atoms with Crippen LogP contribution in [0.3, 0.4) is 0 Å². The molecule has 2 aromatic carbocycles. The number of piperazine rings is 1. The van der Waals surface area contributed by atoms with E-state index in [0.717, 1.165) is 25.3 Å². The number of aromatic nitrogens is 2. The smallest absolute Gasteiger partial charge is 0.253 e. The second kappa shape index (κ2) is 7.72. The Labute approximate surface area is 157 Å². The first-order valence-corrected chi connectivity index (χ1v) is 9.05. The number of hydrogen-bond acceptors (Lipinski definition) is 3. The Bertz CT molecular complexity index is 883. The summed E-state index contributed by atoms with van der Waals surface area (Å²) in [5, 5.41) is 4.23. The van der Waals surface area contributed by atoms with Crippen LogP contribution in [0.4, 0.5) is 4.39 Å². The third-order valence-electron chi connectivity index (χ3n) is 4.86.